The fraction of sp³-hybridized carbons (Fsp3) is 0.200. The smallest absolute Gasteiger partial charge is 0.127 e. The molecule has 0 aliphatic carbocycles. The van der Waals surface area contributed by atoms with Crippen molar-refractivity contribution in [2.24, 2.45) is 0 Å². The highest BCUT2D eigenvalue weighted by Crippen LogP contribution is 2.34. The van der Waals surface area contributed by atoms with E-state index in [2.05, 4.69) is 33.4 Å². The number of rotatable bonds is 3. The first kappa shape index (κ1) is 14.1. The maximum absolute atomic E-state index is 6.16. The van der Waals surface area contributed by atoms with Crippen molar-refractivity contribution in [2.75, 3.05) is 11.9 Å². The number of benzene rings is 2. The van der Waals surface area contributed by atoms with E-state index in [1.54, 1.807) is 6.07 Å². The van der Waals surface area contributed by atoms with Gasteiger partial charge in [-0.15, -0.1) is 0 Å². The first-order chi connectivity index (χ1) is 9.63. The Kier molecular flexibility index (Phi) is 4.11. The van der Waals surface area contributed by atoms with E-state index in [0.717, 1.165) is 34.5 Å². The number of hydrogen-bond donors (Lipinski definition) is 1. The van der Waals surface area contributed by atoms with Gasteiger partial charge < -0.3 is 10.1 Å². The molecule has 3 rings (SSSR count). The van der Waals surface area contributed by atoms with Crippen molar-refractivity contribution < 1.29 is 4.74 Å². The molecule has 5 heteroatoms. The third kappa shape index (κ3) is 2.90. The number of fused-ring (bicyclic) bond motifs is 1. The molecule has 0 saturated heterocycles. The fourth-order valence-corrected chi connectivity index (χ4v) is 3.33. The van der Waals surface area contributed by atoms with Gasteiger partial charge in [0.25, 0.3) is 0 Å². The molecule has 104 valence electrons. The first-order valence-electron chi connectivity index (χ1n) is 6.26. The second-order valence-electron chi connectivity index (χ2n) is 4.63. The summed E-state index contributed by atoms with van der Waals surface area (Å²) in [4.78, 5) is 0. The maximum atomic E-state index is 6.16. The summed E-state index contributed by atoms with van der Waals surface area (Å²) in [6, 6.07) is 9.61. The molecule has 0 radical (unpaired) electrons. The Morgan fingerprint density at radius 2 is 2.05 bits per heavy atom. The van der Waals surface area contributed by atoms with Crippen LogP contribution in [0.3, 0.4) is 0 Å². The van der Waals surface area contributed by atoms with Crippen LogP contribution >= 0.6 is 39.1 Å². The largest absolute Gasteiger partial charge is 0.493 e. The van der Waals surface area contributed by atoms with E-state index in [1.807, 2.05) is 12.1 Å². The van der Waals surface area contributed by atoms with Gasteiger partial charge in [0.15, 0.2) is 0 Å². The molecule has 0 amide bonds. The third-order valence-electron chi connectivity index (χ3n) is 3.23. The standard InChI is InChI=1S/C15H12BrCl2NO/c16-11-5-9-3-4-20-15(9)10(6-11)8-19-14-2-1-12(17)7-13(14)18/h1-2,5-7,19H,3-4,8H2. The molecule has 2 nitrogen and oxygen atoms in total. The average molecular weight is 373 g/mol. The minimum Gasteiger partial charge on any atom is -0.493 e. The van der Waals surface area contributed by atoms with E-state index >= 15 is 0 Å². The monoisotopic (exact) mass is 371 g/mol. The Hall–Kier alpha value is -0.900. The third-order valence-corrected chi connectivity index (χ3v) is 4.23. The first-order valence-corrected chi connectivity index (χ1v) is 7.81. The Labute approximate surface area is 136 Å². The van der Waals surface area contributed by atoms with Gasteiger partial charge in [0.1, 0.15) is 5.75 Å². The van der Waals surface area contributed by atoms with Crippen LogP contribution in [0.1, 0.15) is 11.1 Å². The number of nitrogens with one attached hydrogen (secondary N) is 1. The summed E-state index contributed by atoms with van der Waals surface area (Å²) in [6.07, 6.45) is 0.962. The van der Waals surface area contributed by atoms with Gasteiger partial charge in [-0.2, -0.15) is 0 Å². The van der Waals surface area contributed by atoms with Gasteiger partial charge in [-0.1, -0.05) is 39.1 Å². The molecular weight excluding hydrogens is 361 g/mol. The molecule has 0 unspecified atom stereocenters. The highest BCUT2D eigenvalue weighted by atomic mass is 79.9. The molecule has 2 aromatic carbocycles. The normalized spacial score (nSPS) is 12.9. The summed E-state index contributed by atoms with van der Waals surface area (Å²) < 4.78 is 6.78. The van der Waals surface area contributed by atoms with Crippen LogP contribution in [0.2, 0.25) is 10.0 Å². The molecule has 0 atom stereocenters. The Morgan fingerprint density at radius 1 is 1.20 bits per heavy atom. The molecule has 1 heterocycles. The topological polar surface area (TPSA) is 21.3 Å². The molecule has 0 bridgehead atoms. The van der Waals surface area contributed by atoms with Gasteiger partial charge in [0.05, 0.1) is 17.3 Å². The SMILES string of the molecule is Clc1ccc(NCc2cc(Br)cc3c2OCC3)c(Cl)c1. The van der Waals surface area contributed by atoms with Crippen LogP contribution in [0, 0.1) is 0 Å². The predicted octanol–water partition coefficient (Wildman–Crippen LogP) is 5.30. The van der Waals surface area contributed by atoms with E-state index in [1.165, 1.54) is 5.56 Å². The van der Waals surface area contributed by atoms with Crippen molar-refractivity contribution in [2.45, 2.75) is 13.0 Å². The summed E-state index contributed by atoms with van der Waals surface area (Å²) in [7, 11) is 0. The lowest BCUT2D eigenvalue weighted by atomic mass is 10.1. The van der Waals surface area contributed by atoms with Crippen LogP contribution in [0.4, 0.5) is 5.69 Å². The number of ether oxygens (including phenoxy) is 1. The van der Waals surface area contributed by atoms with Crippen molar-refractivity contribution in [3.8, 4) is 5.75 Å². The van der Waals surface area contributed by atoms with Gasteiger partial charge in [-0.3, -0.25) is 0 Å². The molecule has 1 N–H and O–H groups in total. The second kappa shape index (κ2) is 5.84. The molecular formula is C15H12BrCl2NO. The van der Waals surface area contributed by atoms with Crippen molar-refractivity contribution in [3.63, 3.8) is 0 Å². The summed E-state index contributed by atoms with van der Waals surface area (Å²) in [6.45, 7) is 1.41. The molecule has 0 fully saturated rings. The summed E-state index contributed by atoms with van der Waals surface area (Å²) in [5, 5.41) is 4.57. The average Bonchev–Trinajstić information content (AvgIpc) is 2.85. The lowest BCUT2D eigenvalue weighted by Crippen LogP contribution is -2.02. The zero-order valence-electron chi connectivity index (χ0n) is 10.6. The molecule has 1 aliphatic heterocycles. The van der Waals surface area contributed by atoms with Gasteiger partial charge in [-0.25, -0.2) is 0 Å². The predicted molar refractivity (Wildman–Crippen MR) is 87.1 cm³/mol. The van der Waals surface area contributed by atoms with Gasteiger partial charge in [0.2, 0.25) is 0 Å². The lowest BCUT2D eigenvalue weighted by molar-refractivity contribution is 0.354. The minimum absolute atomic E-state index is 0.616. The fourth-order valence-electron chi connectivity index (χ4n) is 2.30. The molecule has 0 spiro atoms. The summed E-state index contributed by atoms with van der Waals surface area (Å²) in [5.41, 5.74) is 3.24. The minimum atomic E-state index is 0.616. The van der Waals surface area contributed by atoms with Crippen molar-refractivity contribution in [1.82, 2.24) is 0 Å². The Bertz CT molecular complexity index is 661. The lowest BCUT2D eigenvalue weighted by Gasteiger charge is -2.12. The van der Waals surface area contributed by atoms with Crippen LogP contribution in [0.5, 0.6) is 5.75 Å². The number of halogens is 3. The number of anilines is 1. The quantitative estimate of drug-likeness (QED) is 0.788. The maximum Gasteiger partial charge on any atom is 0.127 e. The molecule has 20 heavy (non-hydrogen) atoms. The van der Waals surface area contributed by atoms with E-state index in [9.17, 15) is 0 Å². The summed E-state index contributed by atoms with van der Waals surface area (Å²) >= 11 is 15.6. The second-order valence-corrected chi connectivity index (χ2v) is 6.39. The van der Waals surface area contributed by atoms with E-state index in [0.29, 0.717) is 16.6 Å². The van der Waals surface area contributed by atoms with E-state index in [-0.39, 0.29) is 0 Å². The van der Waals surface area contributed by atoms with Crippen LogP contribution in [-0.2, 0) is 13.0 Å². The van der Waals surface area contributed by atoms with Crippen molar-refractivity contribution >= 4 is 44.8 Å². The summed E-state index contributed by atoms with van der Waals surface area (Å²) in [5.74, 6) is 0.991. The van der Waals surface area contributed by atoms with E-state index in [4.69, 9.17) is 27.9 Å². The number of hydrogen-bond acceptors (Lipinski definition) is 2. The highest BCUT2D eigenvalue weighted by Gasteiger charge is 2.17. The molecule has 0 aromatic heterocycles. The molecule has 1 aliphatic rings. The molecule has 0 saturated carbocycles. The van der Waals surface area contributed by atoms with Crippen molar-refractivity contribution in [1.29, 1.82) is 0 Å². The zero-order chi connectivity index (χ0) is 14.1. The van der Waals surface area contributed by atoms with Crippen LogP contribution in [-0.4, -0.2) is 6.61 Å². The van der Waals surface area contributed by atoms with Crippen LogP contribution in [0.25, 0.3) is 0 Å². The molecule has 2 aromatic rings. The Balaban J connectivity index is 1.82. The zero-order valence-corrected chi connectivity index (χ0v) is 13.6. The van der Waals surface area contributed by atoms with E-state index < -0.39 is 0 Å². The van der Waals surface area contributed by atoms with Gasteiger partial charge in [-0.05, 0) is 35.9 Å². The van der Waals surface area contributed by atoms with Gasteiger partial charge >= 0.3 is 0 Å². The van der Waals surface area contributed by atoms with Gasteiger partial charge in [0, 0.05) is 28.0 Å². The van der Waals surface area contributed by atoms with Crippen molar-refractivity contribution in [3.05, 3.63) is 56.0 Å². The van der Waals surface area contributed by atoms with Crippen LogP contribution in [0.15, 0.2) is 34.8 Å². The Morgan fingerprint density at radius 3 is 2.85 bits per heavy atom. The highest BCUT2D eigenvalue weighted by molar-refractivity contribution is 9.10. The van der Waals surface area contributed by atoms with Crippen LogP contribution < -0.4 is 10.1 Å².